The molecule has 3 N–H and O–H groups in total. The van der Waals surface area contributed by atoms with Crippen molar-refractivity contribution in [2.24, 2.45) is 23.7 Å². The quantitative estimate of drug-likeness (QED) is 0.842. The van der Waals surface area contributed by atoms with Crippen molar-refractivity contribution in [3.63, 3.8) is 0 Å². The summed E-state index contributed by atoms with van der Waals surface area (Å²) in [7, 11) is 0. The molecular weight excluding hydrogens is 232 g/mol. The molecule has 1 aromatic heterocycles. The molecule has 0 radical (unpaired) electrons. The van der Waals surface area contributed by atoms with Gasteiger partial charge in [-0.2, -0.15) is 0 Å². The van der Waals surface area contributed by atoms with E-state index >= 15 is 0 Å². The summed E-state index contributed by atoms with van der Waals surface area (Å²) in [6.45, 7) is 0. The molecule has 3 aliphatic carbocycles. The molecule has 90 valence electrons. The van der Waals surface area contributed by atoms with Crippen molar-refractivity contribution in [3.05, 3.63) is 16.3 Å². The van der Waals surface area contributed by atoms with Gasteiger partial charge in [-0.25, -0.2) is 0 Å². The molecule has 1 aromatic rings. The van der Waals surface area contributed by atoms with Gasteiger partial charge < -0.3 is 11.1 Å². The average Bonchev–Trinajstić information content (AvgIpc) is 2.76. The number of amides is 1. The van der Waals surface area contributed by atoms with E-state index in [-0.39, 0.29) is 5.91 Å². The van der Waals surface area contributed by atoms with Crippen LogP contribution in [0.15, 0.2) is 11.4 Å². The zero-order chi connectivity index (χ0) is 11.6. The number of carbonyl (C=O) groups is 1. The zero-order valence-electron chi connectivity index (χ0n) is 9.56. The molecule has 2 bridgehead atoms. The second-order valence-corrected chi connectivity index (χ2v) is 6.61. The molecule has 17 heavy (non-hydrogen) atoms. The lowest BCUT2D eigenvalue weighted by Crippen LogP contribution is -2.29. The Morgan fingerprint density at radius 2 is 2.06 bits per heavy atom. The lowest BCUT2D eigenvalue weighted by atomic mass is 10.0. The Kier molecular flexibility index (Phi) is 1.90. The number of carbonyl (C=O) groups excluding carboxylic acids is 1. The first-order chi connectivity index (χ1) is 8.25. The maximum Gasteiger partial charge on any atom is 0.263 e. The molecule has 4 unspecified atom stereocenters. The molecule has 4 atom stereocenters. The van der Waals surface area contributed by atoms with Gasteiger partial charge in [0.25, 0.3) is 5.91 Å². The van der Waals surface area contributed by atoms with E-state index in [0.29, 0.717) is 16.6 Å². The summed E-state index contributed by atoms with van der Waals surface area (Å²) in [5, 5.41) is 5.07. The molecule has 4 heteroatoms. The van der Waals surface area contributed by atoms with Crippen molar-refractivity contribution in [1.82, 2.24) is 5.32 Å². The molecule has 0 aromatic carbocycles. The standard InChI is InChI=1S/C13H16N2OS/c14-8-3-4-17-12(8)13(16)15-11-9-6-1-2-7(5-6)10(9)11/h3-4,6-7,9-11H,1-2,5,14H2,(H,15,16). The summed E-state index contributed by atoms with van der Waals surface area (Å²) in [4.78, 5) is 12.7. The van der Waals surface area contributed by atoms with Crippen LogP contribution in [0, 0.1) is 23.7 Å². The topological polar surface area (TPSA) is 55.1 Å². The first-order valence-electron chi connectivity index (χ1n) is 6.39. The minimum absolute atomic E-state index is 0.0382. The Labute approximate surface area is 104 Å². The van der Waals surface area contributed by atoms with Gasteiger partial charge in [-0.15, -0.1) is 11.3 Å². The van der Waals surface area contributed by atoms with E-state index in [1.54, 1.807) is 6.07 Å². The predicted molar refractivity (Wildman–Crippen MR) is 67.8 cm³/mol. The summed E-state index contributed by atoms with van der Waals surface area (Å²) >= 11 is 1.44. The maximum atomic E-state index is 12.1. The largest absolute Gasteiger partial charge is 0.397 e. The minimum atomic E-state index is 0.0382. The van der Waals surface area contributed by atoms with Gasteiger partial charge in [0, 0.05) is 6.04 Å². The van der Waals surface area contributed by atoms with Crippen molar-refractivity contribution in [3.8, 4) is 0 Å². The molecule has 3 aliphatic rings. The number of nitrogens with two attached hydrogens (primary N) is 1. The third-order valence-corrected chi connectivity index (χ3v) is 5.86. The fraction of sp³-hybridized carbons (Fsp3) is 0.615. The minimum Gasteiger partial charge on any atom is -0.397 e. The number of rotatable bonds is 2. The monoisotopic (exact) mass is 248 g/mol. The predicted octanol–water partition coefficient (Wildman–Crippen LogP) is 2.10. The van der Waals surface area contributed by atoms with Crippen LogP contribution in [0.3, 0.4) is 0 Å². The van der Waals surface area contributed by atoms with Crippen LogP contribution in [0.1, 0.15) is 28.9 Å². The van der Waals surface area contributed by atoms with Crippen LogP contribution in [-0.4, -0.2) is 11.9 Å². The Morgan fingerprint density at radius 1 is 1.35 bits per heavy atom. The summed E-state index contributed by atoms with van der Waals surface area (Å²) in [5.74, 6) is 3.42. The van der Waals surface area contributed by atoms with Crippen LogP contribution in [0.5, 0.6) is 0 Å². The third-order valence-electron chi connectivity index (χ3n) is 4.93. The van der Waals surface area contributed by atoms with E-state index in [9.17, 15) is 4.79 Å². The lowest BCUT2D eigenvalue weighted by Gasteiger charge is -2.10. The molecule has 3 saturated carbocycles. The maximum absolute atomic E-state index is 12.1. The fourth-order valence-electron chi connectivity index (χ4n) is 4.24. The fourth-order valence-corrected chi connectivity index (χ4v) is 4.96. The van der Waals surface area contributed by atoms with Crippen molar-refractivity contribution in [2.45, 2.75) is 25.3 Å². The van der Waals surface area contributed by atoms with E-state index in [1.165, 1.54) is 30.6 Å². The molecular formula is C13H16N2OS. The second-order valence-electron chi connectivity index (χ2n) is 5.69. The summed E-state index contributed by atoms with van der Waals surface area (Å²) in [5.41, 5.74) is 6.38. The number of nitrogen functional groups attached to an aromatic ring is 1. The molecule has 3 nitrogen and oxygen atoms in total. The second kappa shape index (κ2) is 3.25. The van der Waals surface area contributed by atoms with Gasteiger partial charge in [0.05, 0.1) is 5.69 Å². The highest BCUT2D eigenvalue weighted by Crippen LogP contribution is 2.65. The summed E-state index contributed by atoms with van der Waals surface area (Å²) in [6, 6.07) is 2.26. The number of hydrogen-bond acceptors (Lipinski definition) is 3. The molecule has 4 rings (SSSR count). The van der Waals surface area contributed by atoms with Gasteiger partial charge in [0.1, 0.15) is 4.88 Å². The SMILES string of the molecule is Nc1ccsc1C(=O)NC1C2C3CCC(C3)C12. The van der Waals surface area contributed by atoms with Crippen molar-refractivity contribution in [1.29, 1.82) is 0 Å². The Morgan fingerprint density at radius 3 is 2.65 bits per heavy atom. The van der Waals surface area contributed by atoms with Crippen LogP contribution >= 0.6 is 11.3 Å². The summed E-state index contributed by atoms with van der Waals surface area (Å²) < 4.78 is 0. The van der Waals surface area contributed by atoms with E-state index in [0.717, 1.165) is 23.7 Å². The third kappa shape index (κ3) is 1.30. The van der Waals surface area contributed by atoms with Crippen molar-refractivity contribution in [2.75, 3.05) is 5.73 Å². The number of anilines is 1. The van der Waals surface area contributed by atoms with E-state index in [4.69, 9.17) is 5.73 Å². The molecule has 3 fully saturated rings. The van der Waals surface area contributed by atoms with E-state index in [1.807, 2.05) is 5.38 Å². The molecule has 0 spiro atoms. The molecule has 0 saturated heterocycles. The van der Waals surface area contributed by atoms with Gasteiger partial charge in [-0.3, -0.25) is 4.79 Å². The summed E-state index contributed by atoms with van der Waals surface area (Å²) in [6.07, 6.45) is 4.20. The van der Waals surface area contributed by atoms with Gasteiger partial charge in [0.15, 0.2) is 0 Å². The zero-order valence-corrected chi connectivity index (χ0v) is 10.4. The Balaban J connectivity index is 1.47. The highest BCUT2D eigenvalue weighted by Gasteiger charge is 2.65. The van der Waals surface area contributed by atoms with Crippen LogP contribution in [-0.2, 0) is 0 Å². The molecule has 0 aliphatic heterocycles. The van der Waals surface area contributed by atoms with Crippen LogP contribution in [0.2, 0.25) is 0 Å². The average molecular weight is 248 g/mol. The molecule has 1 heterocycles. The number of thiophene rings is 1. The smallest absolute Gasteiger partial charge is 0.263 e. The van der Waals surface area contributed by atoms with Crippen LogP contribution < -0.4 is 11.1 Å². The van der Waals surface area contributed by atoms with Gasteiger partial charge in [-0.05, 0) is 54.4 Å². The van der Waals surface area contributed by atoms with Crippen molar-refractivity contribution < 1.29 is 4.79 Å². The lowest BCUT2D eigenvalue weighted by molar-refractivity contribution is 0.0949. The number of hydrogen-bond donors (Lipinski definition) is 2. The number of fused-ring (bicyclic) bond motifs is 5. The van der Waals surface area contributed by atoms with Crippen LogP contribution in [0.25, 0.3) is 0 Å². The normalized spacial score (nSPS) is 41.3. The molecule has 1 amide bonds. The van der Waals surface area contributed by atoms with Crippen molar-refractivity contribution >= 4 is 22.9 Å². The Hall–Kier alpha value is -1.03. The highest BCUT2D eigenvalue weighted by atomic mass is 32.1. The van der Waals surface area contributed by atoms with E-state index in [2.05, 4.69) is 5.32 Å². The number of nitrogens with one attached hydrogen (secondary N) is 1. The highest BCUT2D eigenvalue weighted by molar-refractivity contribution is 7.12. The first-order valence-corrected chi connectivity index (χ1v) is 7.27. The van der Waals surface area contributed by atoms with Gasteiger partial charge in [0.2, 0.25) is 0 Å². The van der Waals surface area contributed by atoms with Crippen LogP contribution in [0.4, 0.5) is 5.69 Å². The first kappa shape index (κ1) is 9.95. The Bertz CT molecular complexity index is 468. The van der Waals surface area contributed by atoms with E-state index < -0.39 is 0 Å². The van der Waals surface area contributed by atoms with Gasteiger partial charge >= 0.3 is 0 Å². The van der Waals surface area contributed by atoms with Gasteiger partial charge in [-0.1, -0.05) is 0 Å².